The number of rotatable bonds is 4. The van der Waals surface area contributed by atoms with E-state index >= 15 is 0 Å². The van der Waals surface area contributed by atoms with Crippen LogP contribution < -0.4 is 10.6 Å². The molecule has 0 aliphatic carbocycles. The molecule has 0 saturated carbocycles. The monoisotopic (exact) mass is 382 g/mol. The number of piperidine rings is 1. The van der Waals surface area contributed by atoms with Gasteiger partial charge in [0, 0.05) is 25.2 Å². The molecule has 1 aliphatic heterocycles. The molecule has 3 amide bonds. The highest BCUT2D eigenvalue weighted by molar-refractivity contribution is 5.93. The highest BCUT2D eigenvalue weighted by Crippen LogP contribution is 2.20. The van der Waals surface area contributed by atoms with Crippen molar-refractivity contribution < 1.29 is 14.0 Å². The molecule has 0 spiro atoms. The smallest absolute Gasteiger partial charge is 0.321 e. The van der Waals surface area contributed by atoms with Crippen molar-refractivity contribution in [1.82, 2.24) is 24.8 Å². The van der Waals surface area contributed by atoms with E-state index in [1.54, 1.807) is 40.9 Å². The first-order chi connectivity index (χ1) is 13.6. The fraction of sp³-hybridized carbons (Fsp3) is 0.368. The molecule has 1 aliphatic rings. The van der Waals surface area contributed by atoms with Crippen molar-refractivity contribution in [2.75, 3.05) is 18.4 Å². The van der Waals surface area contributed by atoms with E-state index in [1.165, 1.54) is 0 Å². The highest BCUT2D eigenvalue weighted by atomic mass is 16.3. The van der Waals surface area contributed by atoms with Gasteiger partial charge in [-0.3, -0.25) is 4.79 Å². The second-order valence-corrected chi connectivity index (χ2v) is 6.84. The fourth-order valence-electron chi connectivity index (χ4n) is 3.38. The zero-order valence-electron chi connectivity index (χ0n) is 15.6. The number of fused-ring (bicyclic) bond motifs is 1. The maximum atomic E-state index is 12.6. The molecule has 0 atom stereocenters. The van der Waals surface area contributed by atoms with Gasteiger partial charge in [0.25, 0.3) is 0 Å². The van der Waals surface area contributed by atoms with Crippen molar-refractivity contribution in [3.05, 3.63) is 48.3 Å². The van der Waals surface area contributed by atoms with E-state index in [-0.39, 0.29) is 17.9 Å². The summed E-state index contributed by atoms with van der Waals surface area (Å²) in [5.41, 5.74) is 1.23. The zero-order chi connectivity index (χ0) is 19.5. The molecular weight excluding hydrogens is 360 g/mol. The van der Waals surface area contributed by atoms with E-state index < -0.39 is 0 Å². The lowest BCUT2D eigenvalue weighted by Gasteiger charge is -2.31. The zero-order valence-corrected chi connectivity index (χ0v) is 15.6. The normalized spacial score (nSPS) is 15.0. The van der Waals surface area contributed by atoms with Crippen LogP contribution in [0, 0.1) is 12.8 Å². The molecule has 2 N–H and O–H groups in total. The number of anilines is 1. The van der Waals surface area contributed by atoms with Crippen molar-refractivity contribution in [2.24, 2.45) is 5.92 Å². The van der Waals surface area contributed by atoms with Gasteiger partial charge in [0.1, 0.15) is 11.6 Å². The number of amides is 3. The Morgan fingerprint density at radius 3 is 2.82 bits per heavy atom. The predicted molar refractivity (Wildman–Crippen MR) is 102 cm³/mol. The quantitative estimate of drug-likeness (QED) is 0.720. The summed E-state index contributed by atoms with van der Waals surface area (Å²) in [5.74, 6) is 1.27. The lowest BCUT2D eigenvalue weighted by Crippen LogP contribution is -2.44. The molecule has 146 valence electrons. The molecule has 0 bridgehead atoms. The van der Waals surface area contributed by atoms with Crippen molar-refractivity contribution in [3.63, 3.8) is 0 Å². The molecule has 1 fully saturated rings. The van der Waals surface area contributed by atoms with Crippen LogP contribution in [0.3, 0.4) is 0 Å². The van der Waals surface area contributed by atoms with Crippen LogP contribution >= 0.6 is 0 Å². The average Bonchev–Trinajstić information content (AvgIpc) is 3.35. The number of aryl methyl sites for hydroxylation is 1. The van der Waals surface area contributed by atoms with E-state index in [1.807, 2.05) is 12.1 Å². The van der Waals surface area contributed by atoms with E-state index in [0.29, 0.717) is 49.6 Å². The number of pyridine rings is 1. The van der Waals surface area contributed by atoms with Gasteiger partial charge in [0.2, 0.25) is 5.91 Å². The minimum Gasteiger partial charge on any atom is -0.467 e. The molecule has 9 nitrogen and oxygen atoms in total. The average molecular weight is 382 g/mol. The first kappa shape index (κ1) is 18.0. The molecule has 3 aromatic rings. The predicted octanol–water partition coefficient (Wildman–Crippen LogP) is 2.19. The molecule has 9 heteroatoms. The maximum absolute atomic E-state index is 12.6. The lowest BCUT2D eigenvalue weighted by molar-refractivity contribution is -0.126. The van der Waals surface area contributed by atoms with Gasteiger partial charge in [-0.25, -0.2) is 14.3 Å². The first-order valence-electron chi connectivity index (χ1n) is 9.28. The number of nitrogens with one attached hydrogen (secondary N) is 2. The van der Waals surface area contributed by atoms with Crippen LogP contribution in [-0.4, -0.2) is 44.5 Å². The third kappa shape index (κ3) is 3.83. The summed E-state index contributed by atoms with van der Waals surface area (Å²) < 4.78 is 6.86. The third-order valence-electron chi connectivity index (χ3n) is 4.88. The number of aromatic nitrogens is 3. The van der Waals surface area contributed by atoms with Gasteiger partial charge < -0.3 is 20.0 Å². The number of urea groups is 1. The Kier molecular flexibility index (Phi) is 4.96. The molecule has 0 radical (unpaired) electrons. The molecule has 1 saturated heterocycles. The summed E-state index contributed by atoms with van der Waals surface area (Å²) in [4.78, 5) is 31.0. The Morgan fingerprint density at radius 1 is 1.25 bits per heavy atom. The van der Waals surface area contributed by atoms with Crippen LogP contribution in [-0.2, 0) is 11.3 Å². The minimum atomic E-state index is -0.191. The van der Waals surface area contributed by atoms with E-state index in [0.717, 1.165) is 5.76 Å². The molecular formula is C19H22N6O3. The van der Waals surface area contributed by atoms with E-state index in [2.05, 4.69) is 20.7 Å². The maximum Gasteiger partial charge on any atom is 0.321 e. The van der Waals surface area contributed by atoms with Gasteiger partial charge >= 0.3 is 6.03 Å². The number of nitrogens with zero attached hydrogens (tertiary/aromatic N) is 4. The Labute approximate surface area is 161 Å². The van der Waals surface area contributed by atoms with Crippen LogP contribution in [0.1, 0.15) is 24.4 Å². The molecule has 4 heterocycles. The molecule has 4 rings (SSSR count). The van der Waals surface area contributed by atoms with Crippen molar-refractivity contribution in [2.45, 2.75) is 26.3 Å². The van der Waals surface area contributed by atoms with Gasteiger partial charge in [-0.1, -0.05) is 0 Å². The Morgan fingerprint density at radius 2 is 2.07 bits per heavy atom. The lowest BCUT2D eigenvalue weighted by atomic mass is 9.96. The number of furan rings is 1. The summed E-state index contributed by atoms with van der Waals surface area (Å²) in [7, 11) is 0. The summed E-state index contributed by atoms with van der Waals surface area (Å²) in [6, 6.07) is 7.04. The third-order valence-corrected chi connectivity index (χ3v) is 4.88. The molecule has 0 aromatic carbocycles. The molecule has 0 unspecified atom stereocenters. The first-order valence-corrected chi connectivity index (χ1v) is 9.28. The van der Waals surface area contributed by atoms with Crippen molar-refractivity contribution in [1.29, 1.82) is 0 Å². The number of hydrogen-bond donors (Lipinski definition) is 2. The van der Waals surface area contributed by atoms with Crippen LogP contribution in [0.25, 0.3) is 5.65 Å². The minimum absolute atomic E-state index is 0.000149. The molecule has 28 heavy (non-hydrogen) atoms. The summed E-state index contributed by atoms with van der Waals surface area (Å²) >= 11 is 0. The number of likely N-dealkylation sites (tertiary alicyclic amines) is 1. The van der Waals surface area contributed by atoms with Crippen molar-refractivity contribution >= 4 is 23.3 Å². The Hall–Kier alpha value is -3.36. The second-order valence-electron chi connectivity index (χ2n) is 6.84. The van der Waals surface area contributed by atoms with Gasteiger partial charge in [0.05, 0.1) is 18.5 Å². The number of carbonyl (C=O) groups is 2. The van der Waals surface area contributed by atoms with Gasteiger partial charge in [-0.2, -0.15) is 5.10 Å². The van der Waals surface area contributed by atoms with Crippen LogP contribution in [0.5, 0.6) is 0 Å². The van der Waals surface area contributed by atoms with Crippen LogP contribution in [0.15, 0.2) is 41.1 Å². The van der Waals surface area contributed by atoms with Gasteiger partial charge in [-0.15, -0.1) is 0 Å². The Bertz CT molecular complexity index is 973. The van der Waals surface area contributed by atoms with Crippen molar-refractivity contribution in [3.8, 4) is 0 Å². The fourth-order valence-corrected chi connectivity index (χ4v) is 3.38. The number of hydrogen-bond acceptors (Lipinski definition) is 5. The highest BCUT2D eigenvalue weighted by Gasteiger charge is 2.27. The molecule has 3 aromatic heterocycles. The SMILES string of the molecule is Cc1nc2c(NC(=O)N3CCC(C(=O)NCc4ccco4)CC3)cccn2n1. The summed E-state index contributed by atoms with van der Waals surface area (Å²) in [5, 5.41) is 10.0. The van der Waals surface area contributed by atoms with E-state index in [4.69, 9.17) is 4.42 Å². The summed E-state index contributed by atoms with van der Waals surface area (Å²) in [6.07, 6.45) is 4.63. The van der Waals surface area contributed by atoms with Gasteiger partial charge in [0.15, 0.2) is 5.65 Å². The van der Waals surface area contributed by atoms with E-state index in [9.17, 15) is 9.59 Å². The summed E-state index contributed by atoms with van der Waals surface area (Å²) in [6.45, 7) is 3.24. The topological polar surface area (TPSA) is 105 Å². The standard InChI is InChI=1S/C19H22N6O3/c1-13-21-17-16(5-2-8-25(17)23-13)22-19(27)24-9-6-14(7-10-24)18(26)20-12-15-4-3-11-28-15/h2-5,8,11,14H,6-7,9-10,12H2,1H3,(H,20,26)(H,22,27). The Balaban J connectivity index is 1.30. The number of carbonyl (C=O) groups excluding carboxylic acids is 2. The van der Waals surface area contributed by atoms with Crippen LogP contribution in [0.2, 0.25) is 0 Å². The largest absolute Gasteiger partial charge is 0.467 e. The second kappa shape index (κ2) is 7.71. The van der Waals surface area contributed by atoms with Crippen LogP contribution in [0.4, 0.5) is 10.5 Å². The van der Waals surface area contributed by atoms with Gasteiger partial charge in [-0.05, 0) is 44.0 Å².